The van der Waals surface area contributed by atoms with Gasteiger partial charge in [-0.3, -0.25) is 9.36 Å². The summed E-state index contributed by atoms with van der Waals surface area (Å²) >= 11 is 3.44. The molecule has 1 aromatic heterocycles. The van der Waals surface area contributed by atoms with Gasteiger partial charge in [0.25, 0.3) is 5.56 Å². The number of halogens is 1. The van der Waals surface area contributed by atoms with Gasteiger partial charge in [-0.05, 0) is 36.2 Å². The van der Waals surface area contributed by atoms with Crippen molar-refractivity contribution < 1.29 is 5.11 Å². The number of aromatic nitrogens is 1. The van der Waals surface area contributed by atoms with Crippen LogP contribution >= 0.6 is 15.9 Å². The maximum atomic E-state index is 11.9. The lowest BCUT2D eigenvalue weighted by atomic mass is 10.2. The number of hydrogen-bond acceptors (Lipinski definition) is 2. The maximum absolute atomic E-state index is 11.9. The molecule has 1 N–H and O–H groups in total. The molecule has 17 heavy (non-hydrogen) atoms. The summed E-state index contributed by atoms with van der Waals surface area (Å²) in [6.07, 6.45) is 1.68. The third-order valence-corrected chi connectivity index (χ3v) is 3.52. The molecule has 1 heterocycles. The average Bonchev–Trinajstić information content (AvgIpc) is 2.33. The van der Waals surface area contributed by atoms with E-state index in [0.717, 1.165) is 15.7 Å². The highest BCUT2D eigenvalue weighted by atomic mass is 79.9. The predicted octanol–water partition coefficient (Wildman–Crippen LogP) is 2.40. The SMILES string of the molecule is Cc1c(Br)cccc1-n1ccc(CO)cc1=O. The zero-order chi connectivity index (χ0) is 12.4. The molecule has 4 heteroatoms. The third-order valence-electron chi connectivity index (χ3n) is 2.67. The zero-order valence-electron chi connectivity index (χ0n) is 9.35. The summed E-state index contributed by atoms with van der Waals surface area (Å²) in [6, 6.07) is 8.90. The Labute approximate surface area is 107 Å². The van der Waals surface area contributed by atoms with Crippen molar-refractivity contribution in [2.24, 2.45) is 0 Å². The van der Waals surface area contributed by atoms with Gasteiger partial charge in [0.15, 0.2) is 0 Å². The molecule has 0 saturated carbocycles. The number of aliphatic hydroxyl groups excluding tert-OH is 1. The average molecular weight is 294 g/mol. The van der Waals surface area contributed by atoms with Gasteiger partial charge in [-0.1, -0.05) is 22.0 Å². The lowest BCUT2D eigenvalue weighted by Crippen LogP contribution is -2.18. The molecule has 0 spiro atoms. The Morgan fingerprint density at radius 1 is 1.35 bits per heavy atom. The molecule has 0 saturated heterocycles. The van der Waals surface area contributed by atoms with Crippen LogP contribution in [-0.2, 0) is 6.61 Å². The van der Waals surface area contributed by atoms with E-state index in [4.69, 9.17) is 5.11 Å². The second-order valence-corrected chi connectivity index (χ2v) is 4.64. The Balaban J connectivity index is 2.61. The summed E-state index contributed by atoms with van der Waals surface area (Å²) in [5, 5.41) is 8.97. The van der Waals surface area contributed by atoms with Gasteiger partial charge in [0.1, 0.15) is 0 Å². The van der Waals surface area contributed by atoms with Gasteiger partial charge in [0, 0.05) is 16.7 Å². The van der Waals surface area contributed by atoms with Crippen LogP contribution in [0.3, 0.4) is 0 Å². The largest absolute Gasteiger partial charge is 0.392 e. The topological polar surface area (TPSA) is 42.2 Å². The predicted molar refractivity (Wildman–Crippen MR) is 70.4 cm³/mol. The normalized spacial score (nSPS) is 10.5. The van der Waals surface area contributed by atoms with Crippen LogP contribution in [0.15, 0.2) is 45.8 Å². The Bertz CT molecular complexity index is 605. The molecule has 88 valence electrons. The Hall–Kier alpha value is -1.39. The van der Waals surface area contributed by atoms with Crippen LogP contribution in [0, 0.1) is 6.92 Å². The van der Waals surface area contributed by atoms with Gasteiger partial charge in [-0.25, -0.2) is 0 Å². The summed E-state index contributed by atoms with van der Waals surface area (Å²) in [5.41, 5.74) is 2.33. The van der Waals surface area contributed by atoms with Gasteiger partial charge in [-0.2, -0.15) is 0 Å². The molecule has 0 aliphatic rings. The van der Waals surface area contributed by atoms with Gasteiger partial charge in [0.05, 0.1) is 12.3 Å². The first-order chi connectivity index (χ1) is 8.13. The summed E-state index contributed by atoms with van der Waals surface area (Å²) in [6.45, 7) is 1.83. The fourth-order valence-electron chi connectivity index (χ4n) is 1.67. The van der Waals surface area contributed by atoms with E-state index in [1.807, 2.05) is 25.1 Å². The Morgan fingerprint density at radius 2 is 2.12 bits per heavy atom. The molecule has 3 nitrogen and oxygen atoms in total. The van der Waals surface area contributed by atoms with Crippen LogP contribution in [-0.4, -0.2) is 9.67 Å². The molecule has 0 fully saturated rings. The van der Waals surface area contributed by atoms with E-state index in [1.54, 1.807) is 16.8 Å². The standard InChI is InChI=1S/C13H12BrNO2/c1-9-11(14)3-2-4-12(9)15-6-5-10(8-16)7-13(15)17/h2-7,16H,8H2,1H3. The monoisotopic (exact) mass is 293 g/mol. The molecule has 0 bridgehead atoms. The van der Waals surface area contributed by atoms with Gasteiger partial charge in [-0.15, -0.1) is 0 Å². The minimum Gasteiger partial charge on any atom is -0.392 e. The van der Waals surface area contributed by atoms with E-state index in [-0.39, 0.29) is 12.2 Å². The second kappa shape index (κ2) is 4.85. The number of aliphatic hydroxyl groups is 1. The Kier molecular flexibility index (Phi) is 3.45. The van der Waals surface area contributed by atoms with Gasteiger partial charge >= 0.3 is 0 Å². The highest BCUT2D eigenvalue weighted by Crippen LogP contribution is 2.21. The summed E-state index contributed by atoms with van der Waals surface area (Å²) in [5.74, 6) is 0. The molecular formula is C13H12BrNO2. The van der Waals surface area contributed by atoms with Crippen molar-refractivity contribution in [3.8, 4) is 5.69 Å². The van der Waals surface area contributed by atoms with Crippen LogP contribution in [0.4, 0.5) is 0 Å². The minimum absolute atomic E-state index is 0.118. The fourth-order valence-corrected chi connectivity index (χ4v) is 2.03. The third kappa shape index (κ3) is 2.33. The lowest BCUT2D eigenvalue weighted by Gasteiger charge is -2.10. The molecule has 2 rings (SSSR count). The van der Waals surface area contributed by atoms with Crippen LogP contribution in [0.2, 0.25) is 0 Å². The molecule has 0 atom stereocenters. The summed E-state index contributed by atoms with van der Waals surface area (Å²) in [7, 11) is 0. The van der Waals surface area contributed by atoms with Crippen LogP contribution in [0.5, 0.6) is 0 Å². The maximum Gasteiger partial charge on any atom is 0.255 e. The number of hydrogen-bond donors (Lipinski definition) is 1. The molecule has 0 radical (unpaired) electrons. The van der Waals surface area contributed by atoms with E-state index < -0.39 is 0 Å². The van der Waals surface area contributed by atoms with Crippen molar-refractivity contribution in [2.75, 3.05) is 0 Å². The van der Waals surface area contributed by atoms with Crippen molar-refractivity contribution in [3.63, 3.8) is 0 Å². The zero-order valence-corrected chi connectivity index (χ0v) is 10.9. The number of rotatable bonds is 2. The smallest absolute Gasteiger partial charge is 0.255 e. The van der Waals surface area contributed by atoms with E-state index in [2.05, 4.69) is 15.9 Å². The van der Waals surface area contributed by atoms with Crippen molar-refractivity contribution in [1.82, 2.24) is 4.57 Å². The van der Waals surface area contributed by atoms with Crippen molar-refractivity contribution >= 4 is 15.9 Å². The molecule has 2 aromatic rings. The van der Waals surface area contributed by atoms with E-state index >= 15 is 0 Å². The number of benzene rings is 1. The second-order valence-electron chi connectivity index (χ2n) is 3.79. The quantitative estimate of drug-likeness (QED) is 0.924. The molecule has 0 aliphatic heterocycles. The molecule has 0 unspecified atom stereocenters. The number of nitrogens with zero attached hydrogens (tertiary/aromatic N) is 1. The highest BCUT2D eigenvalue weighted by Gasteiger charge is 2.05. The van der Waals surface area contributed by atoms with Crippen molar-refractivity contribution in [1.29, 1.82) is 0 Å². The van der Waals surface area contributed by atoms with Crippen LogP contribution in [0.25, 0.3) is 5.69 Å². The fraction of sp³-hybridized carbons (Fsp3) is 0.154. The van der Waals surface area contributed by atoms with Crippen molar-refractivity contribution in [2.45, 2.75) is 13.5 Å². The molecule has 0 aliphatic carbocycles. The van der Waals surface area contributed by atoms with E-state index in [1.165, 1.54) is 6.07 Å². The first-order valence-corrected chi connectivity index (χ1v) is 6.00. The first kappa shape index (κ1) is 12.1. The number of pyridine rings is 1. The van der Waals surface area contributed by atoms with Gasteiger partial charge < -0.3 is 5.11 Å². The van der Waals surface area contributed by atoms with Crippen LogP contribution in [0.1, 0.15) is 11.1 Å². The summed E-state index contributed by atoms with van der Waals surface area (Å²) in [4.78, 5) is 11.9. The van der Waals surface area contributed by atoms with Crippen molar-refractivity contribution in [3.05, 3.63) is 62.5 Å². The highest BCUT2D eigenvalue weighted by molar-refractivity contribution is 9.10. The Morgan fingerprint density at radius 3 is 2.76 bits per heavy atom. The van der Waals surface area contributed by atoms with E-state index in [0.29, 0.717) is 5.56 Å². The summed E-state index contributed by atoms with van der Waals surface area (Å²) < 4.78 is 2.53. The lowest BCUT2D eigenvalue weighted by molar-refractivity contribution is 0.281. The van der Waals surface area contributed by atoms with Gasteiger partial charge in [0.2, 0.25) is 0 Å². The van der Waals surface area contributed by atoms with Crippen LogP contribution < -0.4 is 5.56 Å². The minimum atomic E-state index is -0.141. The molecular weight excluding hydrogens is 282 g/mol. The molecule has 0 amide bonds. The van der Waals surface area contributed by atoms with E-state index in [9.17, 15) is 4.79 Å². The first-order valence-electron chi connectivity index (χ1n) is 5.21. The molecule has 1 aromatic carbocycles.